The van der Waals surface area contributed by atoms with Crippen molar-refractivity contribution in [3.63, 3.8) is 0 Å². The lowest BCUT2D eigenvalue weighted by Crippen LogP contribution is -2.30. The van der Waals surface area contributed by atoms with Crippen LogP contribution in [0.15, 0.2) is 12.2 Å². The molecular formula is C11H14O2. The first-order chi connectivity index (χ1) is 6.09. The summed E-state index contributed by atoms with van der Waals surface area (Å²) in [5.74, 6) is 2.20. The average Bonchev–Trinajstić information content (AvgIpc) is 2.54. The van der Waals surface area contributed by atoms with E-state index in [-0.39, 0.29) is 5.97 Å². The van der Waals surface area contributed by atoms with Crippen LogP contribution in [-0.4, -0.2) is 11.6 Å². The van der Waals surface area contributed by atoms with E-state index in [0.29, 0.717) is 5.57 Å². The Morgan fingerprint density at radius 3 is 2.46 bits per heavy atom. The van der Waals surface area contributed by atoms with Crippen LogP contribution >= 0.6 is 0 Å². The molecule has 0 saturated heterocycles. The molecule has 1 saturated carbocycles. The van der Waals surface area contributed by atoms with Gasteiger partial charge in [-0.1, -0.05) is 12.5 Å². The first kappa shape index (κ1) is 9.85. The van der Waals surface area contributed by atoms with Crippen LogP contribution in [0.3, 0.4) is 0 Å². The van der Waals surface area contributed by atoms with E-state index in [9.17, 15) is 4.79 Å². The van der Waals surface area contributed by atoms with Gasteiger partial charge in [-0.3, -0.25) is 0 Å². The Balaban J connectivity index is 2.65. The Morgan fingerprint density at radius 1 is 1.54 bits per heavy atom. The summed E-state index contributed by atoms with van der Waals surface area (Å²) in [4.78, 5) is 11.2. The van der Waals surface area contributed by atoms with E-state index in [4.69, 9.17) is 11.2 Å². The molecule has 2 heteroatoms. The molecule has 0 heterocycles. The molecule has 0 atom stereocenters. The molecule has 0 unspecified atom stereocenters. The predicted molar refractivity (Wildman–Crippen MR) is 50.9 cm³/mol. The SMILES string of the molecule is C#CC1(OC(=O)C(=C)C)CCCC1. The van der Waals surface area contributed by atoms with E-state index >= 15 is 0 Å². The van der Waals surface area contributed by atoms with Crippen LogP contribution in [0.2, 0.25) is 0 Å². The summed E-state index contributed by atoms with van der Waals surface area (Å²) in [5, 5.41) is 0. The molecule has 0 N–H and O–H groups in total. The van der Waals surface area contributed by atoms with Crippen molar-refractivity contribution in [1.29, 1.82) is 0 Å². The number of rotatable bonds is 2. The largest absolute Gasteiger partial charge is 0.443 e. The molecule has 0 bridgehead atoms. The van der Waals surface area contributed by atoms with Crippen LogP contribution < -0.4 is 0 Å². The molecule has 0 radical (unpaired) electrons. The summed E-state index contributed by atoms with van der Waals surface area (Å²) >= 11 is 0. The highest BCUT2D eigenvalue weighted by Gasteiger charge is 2.35. The first-order valence-corrected chi connectivity index (χ1v) is 4.46. The molecule has 1 fully saturated rings. The third-order valence-electron chi connectivity index (χ3n) is 2.31. The van der Waals surface area contributed by atoms with Gasteiger partial charge < -0.3 is 4.74 Å². The Labute approximate surface area is 79.0 Å². The molecule has 1 rings (SSSR count). The quantitative estimate of drug-likeness (QED) is 0.367. The number of carbonyl (C=O) groups excluding carboxylic acids is 1. The summed E-state index contributed by atoms with van der Waals surface area (Å²) in [5.41, 5.74) is -0.239. The number of hydrogen-bond donors (Lipinski definition) is 0. The van der Waals surface area contributed by atoms with E-state index in [2.05, 4.69) is 12.5 Å². The maximum Gasteiger partial charge on any atom is 0.334 e. The molecule has 0 aliphatic heterocycles. The van der Waals surface area contributed by atoms with Gasteiger partial charge in [-0.15, -0.1) is 6.42 Å². The Kier molecular flexibility index (Phi) is 2.77. The Morgan fingerprint density at radius 2 is 2.08 bits per heavy atom. The van der Waals surface area contributed by atoms with Gasteiger partial charge in [0.25, 0.3) is 0 Å². The number of ether oxygens (including phenoxy) is 1. The van der Waals surface area contributed by atoms with Crippen LogP contribution in [0.4, 0.5) is 0 Å². The van der Waals surface area contributed by atoms with Crippen molar-refractivity contribution in [3.8, 4) is 12.3 Å². The minimum Gasteiger partial charge on any atom is -0.443 e. The molecule has 0 spiro atoms. The third kappa shape index (κ3) is 2.12. The standard InChI is InChI=1S/C11H14O2/c1-4-11(7-5-6-8-11)13-10(12)9(2)3/h1H,2,5-8H2,3H3. The van der Waals surface area contributed by atoms with Crippen molar-refractivity contribution in [2.24, 2.45) is 0 Å². The third-order valence-corrected chi connectivity index (χ3v) is 2.31. The number of hydrogen-bond acceptors (Lipinski definition) is 2. The minimum atomic E-state index is -0.643. The second kappa shape index (κ2) is 3.66. The number of carbonyl (C=O) groups is 1. The van der Waals surface area contributed by atoms with E-state index in [1.807, 2.05) is 0 Å². The van der Waals surface area contributed by atoms with Crippen molar-refractivity contribution < 1.29 is 9.53 Å². The van der Waals surface area contributed by atoms with Crippen LogP contribution in [0.1, 0.15) is 32.6 Å². The predicted octanol–water partition coefficient (Wildman–Crippen LogP) is 2.05. The van der Waals surface area contributed by atoms with Gasteiger partial charge in [-0.2, -0.15) is 0 Å². The molecule has 2 nitrogen and oxygen atoms in total. The summed E-state index contributed by atoms with van der Waals surface area (Å²) in [7, 11) is 0. The lowest BCUT2D eigenvalue weighted by Gasteiger charge is -2.22. The topological polar surface area (TPSA) is 26.3 Å². The normalized spacial score (nSPS) is 19.1. The highest BCUT2D eigenvalue weighted by molar-refractivity contribution is 5.87. The Bertz CT molecular complexity index is 264. The van der Waals surface area contributed by atoms with Crippen molar-refractivity contribution in [1.82, 2.24) is 0 Å². The molecule has 13 heavy (non-hydrogen) atoms. The molecule has 0 aromatic heterocycles. The first-order valence-electron chi connectivity index (χ1n) is 4.46. The van der Waals surface area contributed by atoms with Crippen molar-refractivity contribution in [2.75, 3.05) is 0 Å². The van der Waals surface area contributed by atoms with Crippen LogP contribution in [0.25, 0.3) is 0 Å². The van der Waals surface area contributed by atoms with Gasteiger partial charge in [0, 0.05) is 5.57 Å². The van der Waals surface area contributed by atoms with Crippen LogP contribution in [-0.2, 0) is 9.53 Å². The fourth-order valence-electron chi connectivity index (χ4n) is 1.49. The molecule has 0 amide bonds. The molecule has 1 aliphatic rings. The van der Waals surface area contributed by atoms with Gasteiger partial charge in [0.05, 0.1) is 0 Å². The zero-order valence-electron chi connectivity index (χ0n) is 7.93. The molecule has 70 valence electrons. The number of esters is 1. The maximum atomic E-state index is 11.2. The van der Waals surface area contributed by atoms with Crippen LogP contribution in [0, 0.1) is 12.3 Å². The molecule has 0 aromatic carbocycles. The number of terminal acetylenes is 1. The zero-order valence-corrected chi connectivity index (χ0v) is 7.93. The van der Waals surface area contributed by atoms with Crippen molar-refractivity contribution in [3.05, 3.63) is 12.2 Å². The van der Waals surface area contributed by atoms with E-state index in [1.54, 1.807) is 6.92 Å². The van der Waals surface area contributed by atoms with Gasteiger partial charge in [0.2, 0.25) is 0 Å². The van der Waals surface area contributed by atoms with Gasteiger partial charge in [0.1, 0.15) is 0 Å². The fraction of sp³-hybridized carbons (Fsp3) is 0.545. The van der Waals surface area contributed by atoms with Gasteiger partial charge in [-0.05, 0) is 32.6 Å². The fourth-order valence-corrected chi connectivity index (χ4v) is 1.49. The summed E-state index contributed by atoms with van der Waals surface area (Å²) in [6.45, 7) is 5.15. The average molecular weight is 178 g/mol. The van der Waals surface area contributed by atoms with E-state index < -0.39 is 5.60 Å². The maximum absolute atomic E-state index is 11.2. The van der Waals surface area contributed by atoms with E-state index in [1.165, 1.54) is 0 Å². The molecule has 0 aromatic rings. The lowest BCUT2D eigenvalue weighted by molar-refractivity contribution is -0.148. The highest BCUT2D eigenvalue weighted by atomic mass is 16.6. The van der Waals surface area contributed by atoms with Gasteiger partial charge >= 0.3 is 5.97 Å². The Hall–Kier alpha value is -1.23. The highest BCUT2D eigenvalue weighted by Crippen LogP contribution is 2.32. The van der Waals surface area contributed by atoms with Crippen molar-refractivity contribution >= 4 is 5.97 Å². The molecule has 1 aliphatic carbocycles. The molecular weight excluding hydrogens is 164 g/mol. The summed E-state index contributed by atoms with van der Waals surface area (Å²) < 4.78 is 5.23. The summed E-state index contributed by atoms with van der Waals surface area (Å²) in [6.07, 6.45) is 8.99. The second-order valence-electron chi connectivity index (χ2n) is 3.52. The second-order valence-corrected chi connectivity index (χ2v) is 3.52. The van der Waals surface area contributed by atoms with Crippen molar-refractivity contribution in [2.45, 2.75) is 38.2 Å². The van der Waals surface area contributed by atoms with Gasteiger partial charge in [0.15, 0.2) is 5.60 Å². The van der Waals surface area contributed by atoms with E-state index in [0.717, 1.165) is 25.7 Å². The zero-order chi connectivity index (χ0) is 9.90. The van der Waals surface area contributed by atoms with Gasteiger partial charge in [-0.25, -0.2) is 4.79 Å². The smallest absolute Gasteiger partial charge is 0.334 e. The minimum absolute atomic E-state index is 0.375. The van der Waals surface area contributed by atoms with Crippen LogP contribution in [0.5, 0.6) is 0 Å². The summed E-state index contributed by atoms with van der Waals surface area (Å²) in [6, 6.07) is 0. The lowest BCUT2D eigenvalue weighted by atomic mass is 10.0. The monoisotopic (exact) mass is 178 g/mol.